The molecular formula is C13H20N2O2S. The summed E-state index contributed by atoms with van der Waals surface area (Å²) in [5.41, 5.74) is 0. The van der Waals surface area contributed by atoms with Crippen LogP contribution in [0.2, 0.25) is 0 Å². The minimum Gasteiger partial charge on any atom is -0.481 e. The van der Waals surface area contributed by atoms with Crippen LogP contribution in [-0.4, -0.2) is 60.6 Å². The third-order valence-corrected chi connectivity index (χ3v) is 4.35. The van der Waals surface area contributed by atoms with Gasteiger partial charge in [0.1, 0.15) is 0 Å². The summed E-state index contributed by atoms with van der Waals surface area (Å²) in [5, 5.41) is 11.3. The number of likely N-dealkylation sites (N-methyl/N-ethyl adjacent to an activating group) is 1. The molecule has 0 bridgehead atoms. The summed E-state index contributed by atoms with van der Waals surface area (Å²) in [6.45, 7) is 4.69. The summed E-state index contributed by atoms with van der Waals surface area (Å²) in [5.74, 6) is -0.964. The van der Waals surface area contributed by atoms with E-state index in [0.717, 1.165) is 31.1 Å². The summed E-state index contributed by atoms with van der Waals surface area (Å²) < 4.78 is 0. The van der Waals surface area contributed by atoms with Crippen LogP contribution in [-0.2, 0) is 11.2 Å². The molecule has 1 unspecified atom stereocenters. The number of nitrogens with zero attached hydrogens (tertiary/aromatic N) is 2. The zero-order chi connectivity index (χ0) is 13.0. The van der Waals surface area contributed by atoms with Gasteiger partial charge in [-0.15, -0.1) is 11.3 Å². The van der Waals surface area contributed by atoms with Crippen LogP contribution in [0.25, 0.3) is 0 Å². The molecule has 100 valence electrons. The molecule has 4 nitrogen and oxygen atoms in total. The second-order valence-corrected chi connectivity index (χ2v) is 5.95. The summed E-state index contributed by atoms with van der Waals surface area (Å²) in [7, 11) is 2.11. The van der Waals surface area contributed by atoms with E-state index in [1.807, 2.05) is 17.5 Å². The highest BCUT2D eigenvalue weighted by Crippen LogP contribution is 2.16. The minimum atomic E-state index is -0.678. The number of piperazine rings is 1. The van der Waals surface area contributed by atoms with Crippen LogP contribution in [0.15, 0.2) is 17.5 Å². The Hall–Kier alpha value is -0.910. The fourth-order valence-corrected chi connectivity index (χ4v) is 3.03. The standard InChI is InChI=1S/C13H20N2O2S/c1-14-4-6-15(7-5-14)10-11(13(16)17)9-12-3-2-8-18-12/h2-3,8,11H,4-7,9-10H2,1H3,(H,16,17). The molecule has 0 amide bonds. The first-order valence-electron chi connectivity index (χ1n) is 6.31. The first-order valence-corrected chi connectivity index (χ1v) is 7.19. The van der Waals surface area contributed by atoms with Crippen molar-refractivity contribution in [2.45, 2.75) is 6.42 Å². The first kappa shape index (κ1) is 13.5. The maximum absolute atomic E-state index is 11.3. The average molecular weight is 268 g/mol. The molecule has 1 aliphatic rings. The lowest BCUT2D eigenvalue weighted by molar-refractivity contribution is -0.142. The summed E-state index contributed by atoms with van der Waals surface area (Å²) in [6.07, 6.45) is 0.652. The Morgan fingerprint density at radius 1 is 1.44 bits per heavy atom. The molecule has 0 spiro atoms. The topological polar surface area (TPSA) is 43.8 Å². The molecule has 1 fully saturated rings. The van der Waals surface area contributed by atoms with Crippen LogP contribution in [0.3, 0.4) is 0 Å². The molecule has 2 heterocycles. The second kappa shape index (κ2) is 6.31. The van der Waals surface area contributed by atoms with E-state index < -0.39 is 5.97 Å². The van der Waals surface area contributed by atoms with Crippen molar-refractivity contribution >= 4 is 17.3 Å². The van der Waals surface area contributed by atoms with Crippen LogP contribution in [0.5, 0.6) is 0 Å². The van der Waals surface area contributed by atoms with Crippen molar-refractivity contribution in [2.75, 3.05) is 39.8 Å². The number of carboxylic acids is 1. The molecule has 1 aliphatic heterocycles. The van der Waals surface area contributed by atoms with Gasteiger partial charge in [-0.2, -0.15) is 0 Å². The maximum atomic E-state index is 11.3. The monoisotopic (exact) mass is 268 g/mol. The van der Waals surface area contributed by atoms with Gasteiger partial charge in [-0.1, -0.05) is 6.07 Å². The third-order valence-electron chi connectivity index (χ3n) is 3.45. The van der Waals surface area contributed by atoms with Gasteiger partial charge in [0.25, 0.3) is 0 Å². The molecule has 5 heteroatoms. The highest BCUT2D eigenvalue weighted by molar-refractivity contribution is 7.09. The van der Waals surface area contributed by atoms with E-state index >= 15 is 0 Å². The first-order chi connectivity index (χ1) is 8.65. The summed E-state index contributed by atoms with van der Waals surface area (Å²) >= 11 is 1.64. The fourth-order valence-electron chi connectivity index (χ4n) is 2.24. The zero-order valence-corrected chi connectivity index (χ0v) is 11.5. The number of rotatable bonds is 5. The van der Waals surface area contributed by atoms with Crippen molar-refractivity contribution in [1.82, 2.24) is 9.80 Å². The molecule has 1 saturated heterocycles. The molecule has 1 aromatic heterocycles. The number of thiophene rings is 1. The van der Waals surface area contributed by atoms with Gasteiger partial charge in [-0.25, -0.2) is 0 Å². The fraction of sp³-hybridized carbons (Fsp3) is 0.615. The lowest BCUT2D eigenvalue weighted by Gasteiger charge is -2.33. The molecule has 0 saturated carbocycles. The molecule has 0 aliphatic carbocycles. The number of hydrogen-bond donors (Lipinski definition) is 1. The molecule has 1 N–H and O–H groups in total. The van der Waals surface area contributed by atoms with E-state index in [0.29, 0.717) is 13.0 Å². The van der Waals surface area contributed by atoms with Gasteiger partial charge in [-0.3, -0.25) is 9.69 Å². The predicted octanol–water partition coefficient (Wildman–Crippen LogP) is 1.24. The highest BCUT2D eigenvalue weighted by atomic mass is 32.1. The van der Waals surface area contributed by atoms with Gasteiger partial charge in [0.15, 0.2) is 0 Å². The molecule has 1 atom stereocenters. The Bertz CT molecular complexity index is 372. The Kier molecular flexibility index (Phi) is 4.74. The van der Waals surface area contributed by atoms with E-state index in [1.165, 1.54) is 0 Å². The number of hydrogen-bond acceptors (Lipinski definition) is 4. The number of aliphatic carboxylic acids is 1. The van der Waals surface area contributed by atoms with E-state index in [-0.39, 0.29) is 5.92 Å². The van der Waals surface area contributed by atoms with Crippen LogP contribution >= 0.6 is 11.3 Å². The Balaban J connectivity index is 1.88. The number of carboxylic acid groups (broad SMARTS) is 1. The lowest BCUT2D eigenvalue weighted by atomic mass is 10.0. The zero-order valence-electron chi connectivity index (χ0n) is 10.7. The Morgan fingerprint density at radius 3 is 2.72 bits per heavy atom. The largest absolute Gasteiger partial charge is 0.481 e. The predicted molar refractivity (Wildman–Crippen MR) is 73.1 cm³/mol. The smallest absolute Gasteiger partial charge is 0.308 e. The number of carbonyl (C=O) groups is 1. The van der Waals surface area contributed by atoms with Crippen molar-refractivity contribution < 1.29 is 9.90 Å². The van der Waals surface area contributed by atoms with Crippen molar-refractivity contribution in [3.8, 4) is 0 Å². The van der Waals surface area contributed by atoms with Crippen LogP contribution < -0.4 is 0 Å². The Labute approximate surface area is 112 Å². The maximum Gasteiger partial charge on any atom is 0.308 e. The molecule has 0 aromatic carbocycles. The van der Waals surface area contributed by atoms with Gasteiger partial charge < -0.3 is 10.0 Å². The van der Waals surface area contributed by atoms with Crippen molar-refractivity contribution in [3.05, 3.63) is 22.4 Å². The van der Waals surface area contributed by atoms with Crippen molar-refractivity contribution in [3.63, 3.8) is 0 Å². The molecule has 18 heavy (non-hydrogen) atoms. The normalized spacial score (nSPS) is 19.8. The van der Waals surface area contributed by atoms with Gasteiger partial charge in [-0.05, 0) is 24.9 Å². The summed E-state index contributed by atoms with van der Waals surface area (Å²) in [6, 6.07) is 4.00. The van der Waals surface area contributed by atoms with E-state index in [4.69, 9.17) is 0 Å². The third kappa shape index (κ3) is 3.80. The quantitative estimate of drug-likeness (QED) is 0.872. The SMILES string of the molecule is CN1CCN(CC(Cc2cccs2)C(=O)O)CC1. The molecule has 1 aromatic rings. The van der Waals surface area contributed by atoms with E-state index in [2.05, 4.69) is 16.8 Å². The van der Waals surface area contributed by atoms with Gasteiger partial charge >= 0.3 is 5.97 Å². The van der Waals surface area contributed by atoms with E-state index in [1.54, 1.807) is 11.3 Å². The van der Waals surface area contributed by atoms with Crippen LogP contribution in [0.1, 0.15) is 4.88 Å². The minimum absolute atomic E-state index is 0.285. The van der Waals surface area contributed by atoms with Crippen LogP contribution in [0.4, 0.5) is 0 Å². The van der Waals surface area contributed by atoms with Crippen molar-refractivity contribution in [1.29, 1.82) is 0 Å². The molecular weight excluding hydrogens is 248 g/mol. The van der Waals surface area contributed by atoms with Gasteiger partial charge in [0, 0.05) is 37.6 Å². The average Bonchev–Trinajstić information content (AvgIpc) is 2.84. The van der Waals surface area contributed by atoms with Gasteiger partial charge in [0.05, 0.1) is 5.92 Å². The molecule has 2 rings (SSSR count). The second-order valence-electron chi connectivity index (χ2n) is 4.92. The van der Waals surface area contributed by atoms with Crippen LogP contribution in [0, 0.1) is 5.92 Å². The Morgan fingerprint density at radius 2 is 2.17 bits per heavy atom. The summed E-state index contributed by atoms with van der Waals surface area (Å²) in [4.78, 5) is 17.0. The van der Waals surface area contributed by atoms with E-state index in [9.17, 15) is 9.90 Å². The lowest BCUT2D eigenvalue weighted by Crippen LogP contribution is -2.47. The van der Waals surface area contributed by atoms with Gasteiger partial charge in [0.2, 0.25) is 0 Å². The van der Waals surface area contributed by atoms with Crippen molar-refractivity contribution in [2.24, 2.45) is 5.92 Å². The molecule has 0 radical (unpaired) electrons. The highest BCUT2D eigenvalue weighted by Gasteiger charge is 2.23.